The van der Waals surface area contributed by atoms with Gasteiger partial charge in [0.1, 0.15) is 11.9 Å². The zero-order chi connectivity index (χ0) is 11.4. The molecule has 0 aromatic carbocycles. The highest BCUT2D eigenvalue weighted by atomic mass is 16.5. The number of carboxylic acid groups (broad SMARTS) is 1. The molecule has 1 saturated heterocycles. The first-order valence-corrected chi connectivity index (χ1v) is 5.53. The molecule has 88 valence electrons. The van der Waals surface area contributed by atoms with Crippen LogP contribution in [0.2, 0.25) is 0 Å². The average Bonchev–Trinajstić information content (AvgIpc) is 2.76. The summed E-state index contributed by atoms with van der Waals surface area (Å²) in [6.07, 6.45) is 5.14. The summed E-state index contributed by atoms with van der Waals surface area (Å²) in [5.41, 5.74) is 0. The topological polar surface area (TPSA) is 72.6 Å². The standard InChI is InChI=1S/C11H15NO4/c13-10(14)5-4-8-7-12-11(16-8)9-3-1-2-6-15-9/h7,9H,1-6H2,(H,13,14). The Labute approximate surface area is 93.4 Å². The van der Waals surface area contributed by atoms with Crippen molar-refractivity contribution in [2.45, 2.75) is 38.2 Å². The minimum atomic E-state index is -0.827. The van der Waals surface area contributed by atoms with Gasteiger partial charge in [-0.25, -0.2) is 4.98 Å². The van der Waals surface area contributed by atoms with Gasteiger partial charge in [0.25, 0.3) is 0 Å². The third-order valence-electron chi connectivity index (χ3n) is 2.61. The summed E-state index contributed by atoms with van der Waals surface area (Å²) in [6.45, 7) is 0.748. The number of oxazole rings is 1. The van der Waals surface area contributed by atoms with Gasteiger partial charge >= 0.3 is 5.97 Å². The summed E-state index contributed by atoms with van der Waals surface area (Å²) >= 11 is 0. The van der Waals surface area contributed by atoms with Crippen LogP contribution in [0.3, 0.4) is 0 Å². The predicted octanol–water partition coefficient (Wildman–Crippen LogP) is 1.93. The molecule has 0 amide bonds. The van der Waals surface area contributed by atoms with Crippen LogP contribution in [0.15, 0.2) is 10.6 Å². The molecular formula is C11H15NO4. The molecule has 0 aliphatic carbocycles. The van der Waals surface area contributed by atoms with E-state index in [1.165, 1.54) is 0 Å². The van der Waals surface area contributed by atoms with Crippen molar-refractivity contribution in [3.8, 4) is 0 Å². The van der Waals surface area contributed by atoms with Crippen molar-refractivity contribution in [2.75, 3.05) is 6.61 Å². The first-order chi connectivity index (χ1) is 7.75. The van der Waals surface area contributed by atoms with Crippen molar-refractivity contribution >= 4 is 5.97 Å². The van der Waals surface area contributed by atoms with Gasteiger partial charge in [0.05, 0.1) is 12.6 Å². The van der Waals surface area contributed by atoms with Crippen LogP contribution in [0, 0.1) is 0 Å². The zero-order valence-corrected chi connectivity index (χ0v) is 9.02. The number of hydrogen-bond acceptors (Lipinski definition) is 4. The number of carbonyl (C=O) groups is 1. The molecule has 0 spiro atoms. The molecule has 16 heavy (non-hydrogen) atoms. The molecule has 5 heteroatoms. The lowest BCUT2D eigenvalue weighted by molar-refractivity contribution is -0.137. The molecule has 0 radical (unpaired) electrons. The summed E-state index contributed by atoms with van der Waals surface area (Å²) in [5.74, 6) is 0.374. The molecule has 1 aromatic rings. The Morgan fingerprint density at radius 1 is 1.56 bits per heavy atom. The van der Waals surface area contributed by atoms with Gasteiger partial charge in [0.2, 0.25) is 5.89 Å². The fourth-order valence-electron chi connectivity index (χ4n) is 1.75. The number of aryl methyl sites for hydroxylation is 1. The van der Waals surface area contributed by atoms with E-state index in [1.54, 1.807) is 6.20 Å². The van der Waals surface area contributed by atoms with Crippen molar-refractivity contribution in [3.63, 3.8) is 0 Å². The summed E-state index contributed by atoms with van der Waals surface area (Å²) < 4.78 is 11.0. The van der Waals surface area contributed by atoms with Crippen molar-refractivity contribution < 1.29 is 19.1 Å². The van der Waals surface area contributed by atoms with E-state index in [0.29, 0.717) is 18.1 Å². The monoisotopic (exact) mass is 225 g/mol. The molecule has 5 nitrogen and oxygen atoms in total. The van der Waals surface area contributed by atoms with Gasteiger partial charge in [0, 0.05) is 13.0 Å². The van der Waals surface area contributed by atoms with Gasteiger partial charge < -0.3 is 14.3 Å². The molecule has 0 saturated carbocycles. The largest absolute Gasteiger partial charge is 0.481 e. The molecule has 1 unspecified atom stereocenters. The molecule has 1 atom stereocenters. The van der Waals surface area contributed by atoms with E-state index in [0.717, 1.165) is 25.9 Å². The summed E-state index contributed by atoms with van der Waals surface area (Å²) in [5, 5.41) is 8.54. The lowest BCUT2D eigenvalue weighted by Crippen LogP contribution is -2.11. The number of nitrogens with zero attached hydrogens (tertiary/aromatic N) is 1. The lowest BCUT2D eigenvalue weighted by Gasteiger charge is -2.19. The first-order valence-electron chi connectivity index (χ1n) is 5.53. The van der Waals surface area contributed by atoms with Gasteiger partial charge in [-0.1, -0.05) is 0 Å². The van der Waals surface area contributed by atoms with Crippen molar-refractivity contribution in [1.82, 2.24) is 4.98 Å². The van der Waals surface area contributed by atoms with Crippen LogP contribution in [0.25, 0.3) is 0 Å². The van der Waals surface area contributed by atoms with E-state index < -0.39 is 5.97 Å². The second-order valence-corrected chi connectivity index (χ2v) is 3.91. The second kappa shape index (κ2) is 5.12. The Balaban J connectivity index is 1.93. The van der Waals surface area contributed by atoms with Crippen LogP contribution < -0.4 is 0 Å². The highest BCUT2D eigenvalue weighted by Crippen LogP contribution is 2.27. The van der Waals surface area contributed by atoms with Crippen molar-refractivity contribution in [2.24, 2.45) is 0 Å². The second-order valence-electron chi connectivity index (χ2n) is 3.91. The third kappa shape index (κ3) is 2.82. The number of aromatic nitrogens is 1. The van der Waals surface area contributed by atoms with Gasteiger partial charge in [-0.05, 0) is 19.3 Å². The molecule has 1 fully saturated rings. The van der Waals surface area contributed by atoms with E-state index in [2.05, 4.69) is 4.98 Å². The molecule has 1 aliphatic heterocycles. The Kier molecular flexibility index (Phi) is 3.56. The molecule has 2 rings (SSSR count). The number of ether oxygens (including phenoxy) is 1. The minimum Gasteiger partial charge on any atom is -0.481 e. The maximum atomic E-state index is 10.4. The summed E-state index contributed by atoms with van der Waals surface area (Å²) in [6, 6.07) is 0. The fourth-order valence-corrected chi connectivity index (χ4v) is 1.75. The fraction of sp³-hybridized carbons (Fsp3) is 0.636. The number of rotatable bonds is 4. The van der Waals surface area contributed by atoms with Crippen LogP contribution in [0.4, 0.5) is 0 Å². The van der Waals surface area contributed by atoms with E-state index in [-0.39, 0.29) is 12.5 Å². The van der Waals surface area contributed by atoms with Gasteiger partial charge in [-0.3, -0.25) is 4.79 Å². The lowest BCUT2D eigenvalue weighted by atomic mass is 10.1. The van der Waals surface area contributed by atoms with Crippen LogP contribution >= 0.6 is 0 Å². The molecule has 1 N–H and O–H groups in total. The van der Waals surface area contributed by atoms with Crippen LogP contribution in [-0.2, 0) is 16.0 Å². The Hall–Kier alpha value is -1.36. The quantitative estimate of drug-likeness (QED) is 0.847. The molecule has 1 aliphatic rings. The predicted molar refractivity (Wildman–Crippen MR) is 55.0 cm³/mol. The SMILES string of the molecule is O=C(O)CCc1cnc(C2CCCCO2)o1. The molecular weight excluding hydrogens is 210 g/mol. The van der Waals surface area contributed by atoms with E-state index in [9.17, 15) is 4.79 Å². The molecule has 2 heterocycles. The van der Waals surface area contributed by atoms with E-state index in [4.69, 9.17) is 14.3 Å². The number of carboxylic acids is 1. The Morgan fingerprint density at radius 3 is 3.12 bits per heavy atom. The number of hydrogen-bond donors (Lipinski definition) is 1. The summed E-state index contributed by atoms with van der Waals surface area (Å²) in [7, 11) is 0. The maximum absolute atomic E-state index is 10.4. The van der Waals surface area contributed by atoms with Gasteiger partial charge in [-0.2, -0.15) is 0 Å². The van der Waals surface area contributed by atoms with E-state index in [1.807, 2.05) is 0 Å². The first kappa shape index (κ1) is 11.1. The van der Waals surface area contributed by atoms with E-state index >= 15 is 0 Å². The summed E-state index contributed by atoms with van der Waals surface area (Å²) in [4.78, 5) is 14.5. The number of aliphatic carboxylic acids is 1. The average molecular weight is 225 g/mol. The maximum Gasteiger partial charge on any atom is 0.303 e. The van der Waals surface area contributed by atoms with Crippen molar-refractivity contribution in [3.05, 3.63) is 17.8 Å². The minimum absolute atomic E-state index is 0.0488. The zero-order valence-electron chi connectivity index (χ0n) is 9.02. The van der Waals surface area contributed by atoms with Crippen molar-refractivity contribution in [1.29, 1.82) is 0 Å². The van der Waals surface area contributed by atoms with Gasteiger partial charge in [-0.15, -0.1) is 0 Å². The smallest absolute Gasteiger partial charge is 0.303 e. The van der Waals surface area contributed by atoms with Crippen LogP contribution in [-0.4, -0.2) is 22.7 Å². The molecule has 0 bridgehead atoms. The Bertz CT molecular complexity index is 355. The highest BCUT2D eigenvalue weighted by Gasteiger charge is 2.21. The molecule has 1 aromatic heterocycles. The normalized spacial score (nSPS) is 20.9. The Morgan fingerprint density at radius 2 is 2.44 bits per heavy atom. The van der Waals surface area contributed by atoms with Crippen LogP contribution in [0.5, 0.6) is 0 Å². The van der Waals surface area contributed by atoms with Crippen LogP contribution in [0.1, 0.15) is 43.4 Å². The van der Waals surface area contributed by atoms with Gasteiger partial charge in [0.15, 0.2) is 0 Å². The highest BCUT2D eigenvalue weighted by molar-refractivity contribution is 5.66. The third-order valence-corrected chi connectivity index (χ3v) is 2.61.